The van der Waals surface area contributed by atoms with Crippen LogP contribution in [0.15, 0.2) is 34.7 Å². The number of amides is 1. The molecule has 1 amide bonds. The zero-order chi connectivity index (χ0) is 20.4. The van der Waals surface area contributed by atoms with Crippen molar-refractivity contribution in [3.63, 3.8) is 0 Å². The highest BCUT2D eigenvalue weighted by Crippen LogP contribution is 2.35. The van der Waals surface area contributed by atoms with Gasteiger partial charge in [0.2, 0.25) is 5.91 Å². The highest BCUT2D eigenvalue weighted by atomic mass is 32.2. The number of hydrogen-bond acceptors (Lipinski definition) is 9. The molecule has 4 rings (SSSR count). The maximum Gasteiger partial charge on any atom is 0.236 e. The molecule has 0 aliphatic heterocycles. The number of thioether (sulfide) groups is 1. The highest BCUT2D eigenvalue weighted by molar-refractivity contribution is 8.00. The molecule has 0 aliphatic rings. The number of fused-ring (bicyclic) bond motifs is 1. The van der Waals surface area contributed by atoms with Crippen molar-refractivity contribution in [2.24, 2.45) is 0 Å². The smallest absolute Gasteiger partial charge is 0.236 e. The number of ether oxygens (including phenoxy) is 1. The van der Waals surface area contributed by atoms with Gasteiger partial charge in [-0.05, 0) is 38.1 Å². The summed E-state index contributed by atoms with van der Waals surface area (Å²) in [5, 5.41) is 15.7. The van der Waals surface area contributed by atoms with Crippen LogP contribution in [0.5, 0.6) is 5.75 Å². The van der Waals surface area contributed by atoms with Gasteiger partial charge >= 0.3 is 0 Å². The van der Waals surface area contributed by atoms with Gasteiger partial charge in [0.15, 0.2) is 5.13 Å². The summed E-state index contributed by atoms with van der Waals surface area (Å²) >= 11 is 4.30. The van der Waals surface area contributed by atoms with Crippen molar-refractivity contribution in [3.05, 3.63) is 40.3 Å². The van der Waals surface area contributed by atoms with E-state index in [1.807, 2.05) is 43.5 Å². The lowest BCUT2D eigenvalue weighted by Gasteiger charge is -2.06. The largest absolute Gasteiger partial charge is 0.497 e. The summed E-state index contributed by atoms with van der Waals surface area (Å²) in [5.41, 5.74) is 3.38. The van der Waals surface area contributed by atoms with Gasteiger partial charge in [-0.2, -0.15) is 0 Å². The standard InChI is InChI=1S/C19H17N5O2S3/c1-10-8-28-19(20-10)22-14(25)9-27-18-16-17(29-11(2)21-16)15(23-24-18)12-4-6-13(26-3)7-5-12/h4-8H,9H2,1-3H3,(H,20,22,25). The molecule has 0 bridgehead atoms. The van der Waals surface area contributed by atoms with E-state index in [4.69, 9.17) is 4.74 Å². The van der Waals surface area contributed by atoms with Gasteiger partial charge < -0.3 is 10.1 Å². The highest BCUT2D eigenvalue weighted by Gasteiger charge is 2.17. The normalized spacial score (nSPS) is 11.0. The van der Waals surface area contributed by atoms with E-state index in [2.05, 4.69) is 25.5 Å². The van der Waals surface area contributed by atoms with Gasteiger partial charge in [-0.3, -0.25) is 4.79 Å². The number of nitrogens with zero attached hydrogens (tertiary/aromatic N) is 4. The Labute approximate surface area is 179 Å². The first-order valence-corrected chi connectivity index (χ1v) is 11.3. The molecule has 3 heterocycles. The number of carbonyl (C=O) groups excluding carboxylic acids is 1. The topological polar surface area (TPSA) is 89.9 Å². The molecule has 0 atom stereocenters. The van der Waals surface area contributed by atoms with E-state index in [0.717, 1.165) is 37.9 Å². The predicted octanol–water partition coefficient (Wildman–Crippen LogP) is 4.57. The van der Waals surface area contributed by atoms with Gasteiger partial charge in [0.05, 0.1) is 28.3 Å². The second-order valence-corrected chi connectivity index (χ2v) is 9.15. The van der Waals surface area contributed by atoms with E-state index >= 15 is 0 Å². The van der Waals surface area contributed by atoms with Crippen LogP contribution in [-0.2, 0) is 4.79 Å². The quantitative estimate of drug-likeness (QED) is 0.437. The Hall–Kier alpha value is -2.56. The monoisotopic (exact) mass is 443 g/mol. The Kier molecular flexibility index (Phi) is 5.74. The Bertz CT molecular complexity index is 1170. The van der Waals surface area contributed by atoms with Crippen LogP contribution >= 0.6 is 34.4 Å². The minimum atomic E-state index is -0.134. The number of aryl methyl sites for hydroxylation is 2. The SMILES string of the molecule is COc1ccc(-c2nnc(SCC(=O)Nc3nc(C)cs3)c3nc(C)sc23)cc1. The van der Waals surface area contributed by atoms with Crippen molar-refractivity contribution >= 4 is 55.7 Å². The van der Waals surface area contributed by atoms with Crippen LogP contribution in [-0.4, -0.2) is 38.9 Å². The maximum atomic E-state index is 12.2. The zero-order valence-corrected chi connectivity index (χ0v) is 18.4. The fourth-order valence-electron chi connectivity index (χ4n) is 2.66. The van der Waals surface area contributed by atoms with Crippen LogP contribution in [0.4, 0.5) is 5.13 Å². The van der Waals surface area contributed by atoms with Gasteiger partial charge in [-0.1, -0.05) is 11.8 Å². The summed E-state index contributed by atoms with van der Waals surface area (Å²) < 4.78 is 6.18. The molecule has 3 aromatic heterocycles. The van der Waals surface area contributed by atoms with E-state index in [0.29, 0.717) is 10.2 Å². The molecule has 29 heavy (non-hydrogen) atoms. The number of aromatic nitrogens is 4. The molecular weight excluding hydrogens is 426 g/mol. The Morgan fingerprint density at radius 1 is 1.17 bits per heavy atom. The van der Waals surface area contributed by atoms with Gasteiger partial charge in [0.25, 0.3) is 0 Å². The average molecular weight is 444 g/mol. The molecule has 0 saturated carbocycles. The van der Waals surface area contributed by atoms with E-state index in [-0.39, 0.29) is 11.7 Å². The molecular formula is C19H17N5O2S3. The van der Waals surface area contributed by atoms with Crippen LogP contribution in [0, 0.1) is 13.8 Å². The third kappa shape index (κ3) is 4.39. The number of rotatable bonds is 6. The van der Waals surface area contributed by atoms with E-state index in [1.54, 1.807) is 18.4 Å². The van der Waals surface area contributed by atoms with Crippen LogP contribution < -0.4 is 10.1 Å². The first-order valence-electron chi connectivity index (χ1n) is 8.66. The summed E-state index contributed by atoms with van der Waals surface area (Å²) in [7, 11) is 1.64. The van der Waals surface area contributed by atoms with E-state index in [9.17, 15) is 4.79 Å². The number of benzene rings is 1. The van der Waals surface area contributed by atoms with Crippen LogP contribution in [0.1, 0.15) is 10.7 Å². The number of methoxy groups -OCH3 is 1. The molecule has 0 fully saturated rings. The summed E-state index contributed by atoms with van der Waals surface area (Å²) in [5.74, 6) is 0.860. The lowest BCUT2D eigenvalue weighted by molar-refractivity contribution is -0.113. The minimum Gasteiger partial charge on any atom is -0.497 e. The third-order valence-electron chi connectivity index (χ3n) is 3.96. The van der Waals surface area contributed by atoms with Crippen molar-refractivity contribution in [1.29, 1.82) is 0 Å². The minimum absolute atomic E-state index is 0.134. The molecule has 0 spiro atoms. The van der Waals surface area contributed by atoms with Gasteiger partial charge in [-0.25, -0.2) is 9.97 Å². The Balaban J connectivity index is 1.56. The molecule has 1 N–H and O–H groups in total. The molecule has 1 aromatic carbocycles. The molecule has 4 aromatic rings. The third-order valence-corrected chi connectivity index (χ3v) is 6.77. The summed E-state index contributed by atoms with van der Waals surface area (Å²) in [6, 6.07) is 7.69. The zero-order valence-electron chi connectivity index (χ0n) is 15.9. The molecule has 0 saturated heterocycles. The Morgan fingerprint density at radius 3 is 2.66 bits per heavy atom. The van der Waals surface area contributed by atoms with E-state index < -0.39 is 0 Å². The molecule has 0 radical (unpaired) electrons. The van der Waals surface area contributed by atoms with Gasteiger partial charge in [0.1, 0.15) is 22.0 Å². The summed E-state index contributed by atoms with van der Waals surface area (Å²) in [6.07, 6.45) is 0. The lowest BCUT2D eigenvalue weighted by atomic mass is 10.1. The lowest BCUT2D eigenvalue weighted by Crippen LogP contribution is -2.14. The summed E-state index contributed by atoms with van der Waals surface area (Å²) in [4.78, 5) is 21.1. The van der Waals surface area contributed by atoms with Crippen molar-refractivity contribution in [2.45, 2.75) is 18.9 Å². The summed E-state index contributed by atoms with van der Waals surface area (Å²) in [6.45, 7) is 3.84. The fraction of sp³-hybridized carbons (Fsp3) is 0.211. The first-order chi connectivity index (χ1) is 14.0. The van der Waals surface area contributed by atoms with Crippen molar-refractivity contribution < 1.29 is 9.53 Å². The number of carbonyl (C=O) groups is 1. The molecule has 148 valence electrons. The van der Waals surface area contributed by atoms with Crippen molar-refractivity contribution in [3.8, 4) is 17.0 Å². The molecule has 0 unspecified atom stereocenters. The van der Waals surface area contributed by atoms with Gasteiger partial charge in [-0.15, -0.1) is 32.9 Å². The number of thiazole rings is 2. The second-order valence-electron chi connectivity index (χ2n) is 6.12. The van der Waals surface area contributed by atoms with Crippen LogP contribution in [0.2, 0.25) is 0 Å². The second kappa shape index (κ2) is 8.44. The number of nitrogens with one attached hydrogen (secondary N) is 1. The van der Waals surface area contributed by atoms with Crippen LogP contribution in [0.25, 0.3) is 21.5 Å². The molecule has 7 nitrogen and oxygen atoms in total. The average Bonchev–Trinajstić information content (AvgIpc) is 3.31. The van der Waals surface area contributed by atoms with Crippen molar-refractivity contribution in [1.82, 2.24) is 20.2 Å². The van der Waals surface area contributed by atoms with Crippen molar-refractivity contribution in [2.75, 3.05) is 18.2 Å². The van der Waals surface area contributed by atoms with Crippen LogP contribution in [0.3, 0.4) is 0 Å². The molecule has 0 aliphatic carbocycles. The van der Waals surface area contributed by atoms with E-state index in [1.165, 1.54) is 23.1 Å². The number of hydrogen-bond donors (Lipinski definition) is 1. The maximum absolute atomic E-state index is 12.2. The fourth-order valence-corrected chi connectivity index (χ4v) is 5.07. The molecule has 10 heteroatoms. The predicted molar refractivity (Wildman–Crippen MR) is 118 cm³/mol. The number of anilines is 1. The Morgan fingerprint density at radius 2 is 1.97 bits per heavy atom. The first kappa shape index (κ1) is 19.7. The van der Waals surface area contributed by atoms with Gasteiger partial charge in [0, 0.05) is 10.9 Å².